The number of rotatable bonds is 46. The fourth-order valence-corrected chi connectivity index (χ4v) is 27.4. The maximum absolute atomic E-state index is 4.16. The Morgan fingerprint density at radius 2 is 0.337 bits per heavy atom. The molecule has 0 aliphatic rings. The summed E-state index contributed by atoms with van der Waals surface area (Å²) in [5.41, 5.74) is 32.4. The Morgan fingerprint density at radius 3 is 0.481 bits per heavy atom. The summed E-state index contributed by atoms with van der Waals surface area (Å²) < 4.78 is 0. The summed E-state index contributed by atoms with van der Waals surface area (Å²) in [7, 11) is -3.89. The maximum atomic E-state index is 4.16. The lowest BCUT2D eigenvalue weighted by atomic mass is 9.91. The highest BCUT2D eigenvalue weighted by Gasteiger charge is 2.43. The summed E-state index contributed by atoms with van der Waals surface area (Å²) in [6.45, 7) is 47.9. The molecule has 0 fully saturated rings. The van der Waals surface area contributed by atoms with Crippen molar-refractivity contribution in [1.82, 2.24) is 0 Å². The van der Waals surface area contributed by atoms with Crippen molar-refractivity contribution in [3.8, 4) is 70.3 Å². The molecule has 0 bridgehead atoms. The van der Waals surface area contributed by atoms with Gasteiger partial charge in [-0.3, -0.25) is 0 Å². The molecule has 4 aromatic rings. The summed E-state index contributed by atoms with van der Waals surface area (Å²) in [5.74, 6) is 38.4. The molecule has 0 N–H and O–H groups in total. The van der Waals surface area contributed by atoms with Crippen molar-refractivity contribution in [2.24, 2.45) is 0 Å². The van der Waals surface area contributed by atoms with Crippen LogP contribution < -0.4 is 0 Å². The van der Waals surface area contributed by atoms with Gasteiger partial charge in [-0.1, -0.05) is 340 Å². The van der Waals surface area contributed by atoms with E-state index in [1.165, 1.54) is 258 Å². The van der Waals surface area contributed by atoms with E-state index in [1.54, 1.807) is 0 Å². The highest BCUT2D eigenvalue weighted by atomic mass is 28.3. The molecular weight excluding hydrogens is 1280 g/mol. The fraction of sp³-hybridized carbons (Fsp3) is 0.647. The maximum Gasteiger partial charge on any atom is 0.146 e. The largest absolute Gasteiger partial charge is 0.146 e. The van der Waals surface area contributed by atoms with E-state index < -0.39 is 16.1 Å². The van der Waals surface area contributed by atoms with Crippen molar-refractivity contribution in [3.05, 3.63) is 138 Å². The number of benzene rings is 4. The zero-order valence-electron chi connectivity index (χ0n) is 71.4. The van der Waals surface area contributed by atoms with Gasteiger partial charge in [0.05, 0.1) is 0 Å². The van der Waals surface area contributed by atoms with E-state index in [0.717, 1.165) is 88.2 Å². The SMILES string of the molecule is CCCCCCc1cc(C#Cc2cc(CCCCCC)c(C#C[Si](C(C)C)(C(C)C)C(C)C)cc2CCCCCC)c(CCCCCC)cc1C#CC#Cc1cc(CCCCCC)c(C#Cc2cc(CCCCCC)c(C#C[Si](C(C)C)(C(C)C)C(C)C)cc2CCCCCC)cc1CCCCCC. The van der Waals surface area contributed by atoms with Gasteiger partial charge < -0.3 is 0 Å². The minimum absolute atomic E-state index is 0.595. The first-order valence-electron chi connectivity index (χ1n) is 44.0. The average molecular weight is 1440 g/mol. The molecule has 0 radical (unpaired) electrons. The van der Waals surface area contributed by atoms with Crippen LogP contribution in [0, 0.1) is 70.3 Å². The molecule has 0 aromatic heterocycles. The topological polar surface area (TPSA) is 0 Å². The van der Waals surface area contributed by atoms with Crippen LogP contribution >= 0.6 is 0 Å². The molecule has 0 amide bonds. The van der Waals surface area contributed by atoms with Crippen LogP contribution in [0.15, 0.2) is 48.5 Å². The predicted octanol–water partition coefficient (Wildman–Crippen LogP) is 30.0. The van der Waals surface area contributed by atoms with Crippen LogP contribution in [-0.2, 0) is 51.4 Å². The number of aryl methyl sites for hydroxylation is 8. The van der Waals surface area contributed by atoms with Crippen molar-refractivity contribution in [3.63, 3.8) is 0 Å². The molecule has 0 saturated heterocycles. The lowest BCUT2D eigenvalue weighted by Crippen LogP contribution is -2.43. The predicted molar refractivity (Wildman–Crippen MR) is 470 cm³/mol. The molecule has 0 unspecified atom stereocenters. The first kappa shape index (κ1) is 91.1. The third-order valence-electron chi connectivity index (χ3n) is 23.4. The van der Waals surface area contributed by atoms with Crippen molar-refractivity contribution < 1.29 is 0 Å². The first-order chi connectivity index (χ1) is 50.3. The van der Waals surface area contributed by atoms with Gasteiger partial charge in [-0.05, 0) is 241 Å². The van der Waals surface area contributed by atoms with Crippen LogP contribution in [0.5, 0.6) is 0 Å². The molecule has 0 heterocycles. The third kappa shape index (κ3) is 30.0. The summed E-state index contributed by atoms with van der Waals surface area (Å²) in [6.07, 6.45) is 47.3. The fourth-order valence-electron chi connectivity index (χ4n) is 17.0. The molecule has 0 aliphatic carbocycles. The Labute approximate surface area is 648 Å². The van der Waals surface area contributed by atoms with E-state index in [9.17, 15) is 0 Å². The van der Waals surface area contributed by atoms with E-state index in [-0.39, 0.29) is 0 Å². The lowest BCUT2D eigenvalue weighted by molar-refractivity contribution is 0.662. The molecule has 104 heavy (non-hydrogen) atoms. The molecule has 0 spiro atoms. The van der Waals surface area contributed by atoms with Gasteiger partial charge in [0.15, 0.2) is 0 Å². The summed E-state index contributed by atoms with van der Waals surface area (Å²) in [5, 5.41) is 0. The monoisotopic (exact) mass is 1440 g/mol. The Bertz CT molecular complexity index is 3260. The zero-order chi connectivity index (χ0) is 76.1. The van der Waals surface area contributed by atoms with Crippen LogP contribution in [0.4, 0.5) is 0 Å². The quantitative estimate of drug-likeness (QED) is 0.0235. The van der Waals surface area contributed by atoms with Crippen LogP contribution in [0.2, 0.25) is 33.2 Å². The number of unbranched alkanes of at least 4 members (excludes halogenated alkanes) is 24. The molecule has 570 valence electrons. The second-order valence-electron chi connectivity index (χ2n) is 33.4. The van der Waals surface area contributed by atoms with Crippen LogP contribution in [0.1, 0.15) is 433 Å². The van der Waals surface area contributed by atoms with Gasteiger partial charge in [0, 0.05) is 44.5 Å². The highest BCUT2D eigenvalue weighted by Crippen LogP contribution is 2.43. The second-order valence-corrected chi connectivity index (χ2v) is 44.6. The average Bonchev–Trinajstić information content (AvgIpc) is 0.795. The molecule has 0 aliphatic heterocycles. The number of hydrogen-bond acceptors (Lipinski definition) is 0. The van der Waals surface area contributed by atoms with Crippen molar-refractivity contribution >= 4 is 16.1 Å². The highest BCUT2D eigenvalue weighted by molar-refractivity contribution is 6.91. The summed E-state index contributed by atoms with van der Waals surface area (Å²) >= 11 is 0. The van der Waals surface area contributed by atoms with Gasteiger partial charge in [0.25, 0.3) is 0 Å². The smallest absolute Gasteiger partial charge is 0.125 e. The van der Waals surface area contributed by atoms with Gasteiger partial charge >= 0.3 is 0 Å². The lowest BCUT2D eigenvalue weighted by Gasteiger charge is -2.38. The van der Waals surface area contributed by atoms with Crippen LogP contribution in [-0.4, -0.2) is 16.1 Å². The van der Waals surface area contributed by atoms with E-state index in [4.69, 9.17) is 0 Å². The molecule has 4 aromatic carbocycles. The standard InChI is InChI=1S/C102H154Si2/c1-21-29-37-45-55-87-75-97(65-67-99-77-95(61-51-43-35-27-7)101(79-93(99)59-49-41-33-25-5)69-71-103(81(9)10,82(11)12)83(13)14)91(57-47-39-31-23-3)73-89(87)63-53-54-64-90-74-92(58-48-40-32-24-4)98(76-88(90)56-46-38-30-22-2)66-68-100-78-96(62-52-44-36-28-8)102(80-94(100)60-50-42-34-26-6)70-72-104(84(15)16,85(17)18)86(19)20/h73-86H,21-52,55-62H2,1-20H3. The molecule has 0 saturated carbocycles. The van der Waals surface area contributed by atoms with Gasteiger partial charge in [-0.2, -0.15) is 0 Å². The Balaban J connectivity index is 2.06. The van der Waals surface area contributed by atoms with Gasteiger partial charge in [-0.15, -0.1) is 11.1 Å². The molecule has 0 atom stereocenters. The Hall–Kier alpha value is -5.33. The minimum atomic E-state index is -1.95. The third-order valence-corrected chi connectivity index (χ3v) is 36.0. The number of hydrogen-bond donors (Lipinski definition) is 0. The summed E-state index contributed by atoms with van der Waals surface area (Å²) in [6, 6.07) is 19.9. The van der Waals surface area contributed by atoms with Crippen LogP contribution in [0.3, 0.4) is 0 Å². The molecule has 0 nitrogen and oxygen atoms in total. The van der Waals surface area contributed by atoms with E-state index >= 15 is 0 Å². The second kappa shape index (κ2) is 51.9. The zero-order valence-corrected chi connectivity index (χ0v) is 73.4. The molecular formula is C102H154Si2. The van der Waals surface area contributed by atoms with Crippen molar-refractivity contribution in [2.75, 3.05) is 0 Å². The minimum Gasteiger partial charge on any atom is -0.125 e. The van der Waals surface area contributed by atoms with E-state index in [2.05, 4.69) is 257 Å². The molecule has 2 heteroatoms. The van der Waals surface area contributed by atoms with Gasteiger partial charge in [0.2, 0.25) is 0 Å². The van der Waals surface area contributed by atoms with Crippen LogP contribution in [0.25, 0.3) is 0 Å². The molecule has 4 rings (SSSR count). The summed E-state index contributed by atoms with van der Waals surface area (Å²) in [4.78, 5) is 0. The normalized spacial score (nSPS) is 11.5. The van der Waals surface area contributed by atoms with Gasteiger partial charge in [0.1, 0.15) is 16.1 Å². The van der Waals surface area contributed by atoms with E-state index in [0.29, 0.717) is 33.2 Å². The van der Waals surface area contributed by atoms with Crippen molar-refractivity contribution in [1.29, 1.82) is 0 Å². The van der Waals surface area contributed by atoms with E-state index in [1.807, 2.05) is 0 Å². The Morgan fingerprint density at radius 1 is 0.192 bits per heavy atom. The van der Waals surface area contributed by atoms with Crippen molar-refractivity contribution in [2.45, 2.75) is 429 Å². The Kier molecular flexibility index (Phi) is 45.4. The first-order valence-corrected chi connectivity index (χ1v) is 48.5. The van der Waals surface area contributed by atoms with Gasteiger partial charge in [-0.25, -0.2) is 0 Å².